The summed E-state index contributed by atoms with van der Waals surface area (Å²) in [5.41, 5.74) is 8.38. The fourth-order valence-electron chi connectivity index (χ4n) is 4.84. The van der Waals surface area contributed by atoms with Crippen LogP contribution < -0.4 is 5.73 Å². The average molecular weight is 427 g/mol. The number of imidazole rings is 1. The highest BCUT2D eigenvalue weighted by Crippen LogP contribution is 2.37. The van der Waals surface area contributed by atoms with E-state index in [2.05, 4.69) is 41.5 Å². The Bertz CT molecular complexity index is 807. The molecule has 28 heavy (non-hydrogen) atoms. The molecule has 1 unspecified atom stereocenters. The predicted octanol–water partition coefficient (Wildman–Crippen LogP) is 4.64. The lowest BCUT2D eigenvalue weighted by Gasteiger charge is -2.28. The van der Waals surface area contributed by atoms with E-state index in [4.69, 9.17) is 10.7 Å². The van der Waals surface area contributed by atoms with Gasteiger partial charge in [0.1, 0.15) is 5.82 Å². The van der Waals surface area contributed by atoms with Crippen LogP contribution in [-0.2, 0) is 4.79 Å². The predicted molar refractivity (Wildman–Crippen MR) is 118 cm³/mol. The third-order valence-corrected chi connectivity index (χ3v) is 6.17. The summed E-state index contributed by atoms with van der Waals surface area (Å²) in [5.74, 6) is 1.66. The van der Waals surface area contributed by atoms with Crippen LogP contribution in [0.15, 0.2) is 24.3 Å². The fourth-order valence-corrected chi connectivity index (χ4v) is 4.84. The second-order valence-electron chi connectivity index (χ2n) is 8.23. The molecule has 1 amide bonds. The Kier molecular flexibility index (Phi) is 7.77. The van der Waals surface area contributed by atoms with Crippen LogP contribution in [0, 0.1) is 5.92 Å². The first-order valence-electron chi connectivity index (χ1n) is 10.1. The van der Waals surface area contributed by atoms with E-state index in [-0.39, 0.29) is 42.8 Å². The van der Waals surface area contributed by atoms with Gasteiger partial charge in [-0.3, -0.25) is 4.79 Å². The summed E-state index contributed by atoms with van der Waals surface area (Å²) in [6, 6.07) is 8.89. The molecule has 1 aliphatic heterocycles. The zero-order chi connectivity index (χ0) is 18.3. The minimum absolute atomic E-state index is 0. The maximum atomic E-state index is 13.1. The first kappa shape index (κ1) is 23.0. The molecule has 0 bridgehead atoms. The number of aromatic nitrogens is 2. The van der Waals surface area contributed by atoms with Crippen molar-refractivity contribution in [1.29, 1.82) is 0 Å². The molecule has 3 atom stereocenters. The SMILES string of the molecule is CC(C)n1c(C2CCCN2C(=O)C[C@@H]2CCC[C@H]2N)nc2ccccc21.Cl.Cl. The number of hydrogen-bond donors (Lipinski definition) is 1. The summed E-state index contributed by atoms with van der Waals surface area (Å²) in [7, 11) is 0. The largest absolute Gasteiger partial charge is 0.332 e. The Morgan fingerprint density at radius 2 is 1.93 bits per heavy atom. The van der Waals surface area contributed by atoms with Crippen LogP contribution in [0.1, 0.15) is 70.3 Å². The topological polar surface area (TPSA) is 64.2 Å². The van der Waals surface area contributed by atoms with Crippen molar-refractivity contribution in [2.45, 2.75) is 70.5 Å². The first-order valence-corrected chi connectivity index (χ1v) is 10.1. The monoisotopic (exact) mass is 426 g/mol. The van der Waals surface area contributed by atoms with Crippen LogP contribution in [0.25, 0.3) is 11.0 Å². The van der Waals surface area contributed by atoms with Gasteiger partial charge in [-0.2, -0.15) is 0 Å². The lowest BCUT2D eigenvalue weighted by Crippen LogP contribution is -2.36. The van der Waals surface area contributed by atoms with Crippen molar-refractivity contribution in [2.75, 3.05) is 6.54 Å². The standard InChI is InChI=1S/C21H30N4O.2ClH/c1-14(2)25-18-10-4-3-9-17(18)23-21(25)19-11-6-12-24(19)20(26)13-15-7-5-8-16(15)22;;/h3-4,9-10,14-16,19H,5-8,11-13,22H2,1-2H3;2*1H/t15-,16+,19?;;/m0../s1. The third kappa shape index (κ3) is 4.17. The Labute approximate surface area is 179 Å². The van der Waals surface area contributed by atoms with Gasteiger partial charge in [-0.1, -0.05) is 18.6 Å². The van der Waals surface area contributed by atoms with E-state index in [1.54, 1.807) is 0 Å². The van der Waals surface area contributed by atoms with Gasteiger partial charge in [0.05, 0.1) is 17.1 Å². The Morgan fingerprint density at radius 1 is 1.18 bits per heavy atom. The molecular weight excluding hydrogens is 395 g/mol. The number of rotatable bonds is 4. The van der Waals surface area contributed by atoms with Gasteiger partial charge >= 0.3 is 0 Å². The number of carbonyl (C=O) groups is 1. The van der Waals surface area contributed by atoms with E-state index in [9.17, 15) is 4.79 Å². The number of benzene rings is 1. The van der Waals surface area contributed by atoms with Gasteiger partial charge in [-0.15, -0.1) is 24.8 Å². The summed E-state index contributed by atoms with van der Waals surface area (Å²) in [5, 5.41) is 0. The fraction of sp³-hybridized carbons (Fsp3) is 0.619. The Balaban J connectivity index is 0.00000140. The van der Waals surface area contributed by atoms with Gasteiger partial charge in [0.2, 0.25) is 5.91 Å². The van der Waals surface area contributed by atoms with Crippen LogP contribution in [-0.4, -0.2) is 32.9 Å². The summed E-state index contributed by atoms with van der Waals surface area (Å²) in [6.07, 6.45) is 5.96. The number of hydrogen-bond acceptors (Lipinski definition) is 3. The minimum atomic E-state index is 0. The molecule has 1 aromatic heterocycles. The highest BCUT2D eigenvalue weighted by Gasteiger charge is 2.36. The van der Waals surface area contributed by atoms with E-state index in [1.165, 1.54) is 0 Å². The van der Waals surface area contributed by atoms with Crippen molar-refractivity contribution in [1.82, 2.24) is 14.5 Å². The molecule has 2 heterocycles. The molecule has 1 aromatic carbocycles. The van der Waals surface area contributed by atoms with E-state index < -0.39 is 0 Å². The number of carbonyl (C=O) groups excluding carboxylic acids is 1. The van der Waals surface area contributed by atoms with Crippen molar-refractivity contribution in [2.24, 2.45) is 11.7 Å². The van der Waals surface area contributed by atoms with Crippen molar-refractivity contribution in [3.8, 4) is 0 Å². The highest BCUT2D eigenvalue weighted by atomic mass is 35.5. The van der Waals surface area contributed by atoms with Crippen molar-refractivity contribution in [3.05, 3.63) is 30.1 Å². The van der Waals surface area contributed by atoms with E-state index >= 15 is 0 Å². The number of fused-ring (bicyclic) bond motifs is 1. The second kappa shape index (κ2) is 9.47. The maximum Gasteiger partial charge on any atom is 0.223 e. The normalized spacial score (nSPS) is 24.4. The van der Waals surface area contributed by atoms with Gasteiger partial charge in [0.25, 0.3) is 0 Å². The van der Waals surface area contributed by atoms with E-state index in [0.29, 0.717) is 18.4 Å². The van der Waals surface area contributed by atoms with Crippen molar-refractivity contribution < 1.29 is 4.79 Å². The molecular formula is C21H32Cl2N4O. The zero-order valence-electron chi connectivity index (χ0n) is 16.7. The molecule has 2 aliphatic rings. The number of para-hydroxylation sites is 2. The number of nitrogens with zero attached hydrogens (tertiary/aromatic N) is 3. The molecule has 0 radical (unpaired) electrons. The van der Waals surface area contributed by atoms with E-state index in [0.717, 1.165) is 55.5 Å². The van der Waals surface area contributed by atoms with E-state index in [1.807, 2.05) is 6.07 Å². The smallest absolute Gasteiger partial charge is 0.223 e. The molecule has 2 fully saturated rings. The van der Waals surface area contributed by atoms with Crippen LogP contribution >= 0.6 is 24.8 Å². The van der Waals surface area contributed by atoms with Crippen LogP contribution in [0.3, 0.4) is 0 Å². The molecule has 4 rings (SSSR count). The van der Waals surface area contributed by atoms with Crippen molar-refractivity contribution in [3.63, 3.8) is 0 Å². The summed E-state index contributed by atoms with van der Waals surface area (Å²) >= 11 is 0. The molecule has 5 nitrogen and oxygen atoms in total. The maximum absolute atomic E-state index is 13.1. The number of nitrogens with two attached hydrogens (primary N) is 1. The molecule has 2 aromatic rings. The summed E-state index contributed by atoms with van der Waals surface area (Å²) in [4.78, 5) is 20.1. The molecule has 1 saturated heterocycles. The molecule has 0 spiro atoms. The molecule has 1 aliphatic carbocycles. The number of halogens is 2. The molecule has 156 valence electrons. The lowest BCUT2D eigenvalue weighted by atomic mass is 9.99. The lowest BCUT2D eigenvalue weighted by molar-refractivity contribution is -0.133. The zero-order valence-corrected chi connectivity index (χ0v) is 18.3. The second-order valence-corrected chi connectivity index (χ2v) is 8.23. The minimum Gasteiger partial charge on any atom is -0.332 e. The van der Waals surface area contributed by atoms with Crippen molar-refractivity contribution >= 4 is 41.8 Å². The summed E-state index contributed by atoms with van der Waals surface area (Å²) < 4.78 is 2.31. The van der Waals surface area contributed by atoms with Crippen LogP contribution in [0.5, 0.6) is 0 Å². The number of likely N-dealkylation sites (tertiary alicyclic amines) is 1. The Hall–Kier alpha value is -1.30. The van der Waals surface area contributed by atoms with Gasteiger partial charge in [-0.25, -0.2) is 4.98 Å². The third-order valence-electron chi connectivity index (χ3n) is 6.17. The Morgan fingerprint density at radius 3 is 2.61 bits per heavy atom. The quantitative estimate of drug-likeness (QED) is 0.773. The summed E-state index contributed by atoms with van der Waals surface area (Å²) in [6.45, 7) is 5.22. The van der Waals surface area contributed by atoms with Crippen LogP contribution in [0.4, 0.5) is 0 Å². The molecule has 2 N–H and O–H groups in total. The molecule has 1 saturated carbocycles. The first-order chi connectivity index (χ1) is 12.6. The average Bonchev–Trinajstić information content (AvgIpc) is 3.32. The van der Waals surface area contributed by atoms with Gasteiger partial charge in [0, 0.05) is 25.0 Å². The van der Waals surface area contributed by atoms with Gasteiger partial charge in [-0.05, 0) is 57.6 Å². The highest BCUT2D eigenvalue weighted by molar-refractivity contribution is 5.85. The molecule has 7 heteroatoms. The van der Waals surface area contributed by atoms with Gasteiger partial charge in [0.15, 0.2) is 0 Å². The van der Waals surface area contributed by atoms with Crippen LogP contribution in [0.2, 0.25) is 0 Å². The number of amides is 1. The van der Waals surface area contributed by atoms with Gasteiger partial charge < -0.3 is 15.2 Å².